The maximum atomic E-state index is 13.6. The van der Waals surface area contributed by atoms with Gasteiger partial charge >= 0.3 is 5.69 Å². The van der Waals surface area contributed by atoms with Crippen molar-refractivity contribution in [1.82, 2.24) is 9.13 Å². The molecule has 0 saturated heterocycles. The van der Waals surface area contributed by atoms with E-state index in [0.29, 0.717) is 41.0 Å². The van der Waals surface area contributed by atoms with Gasteiger partial charge in [0.15, 0.2) is 0 Å². The average molecular weight is 444 g/mol. The van der Waals surface area contributed by atoms with Crippen molar-refractivity contribution >= 4 is 11.1 Å². The Balaban J connectivity index is 2.01. The third kappa shape index (κ3) is 4.07. The van der Waals surface area contributed by atoms with Crippen molar-refractivity contribution in [2.45, 2.75) is 52.8 Å². The summed E-state index contributed by atoms with van der Waals surface area (Å²) in [5.41, 5.74) is 5.05. The van der Waals surface area contributed by atoms with E-state index in [4.69, 9.17) is 5.26 Å². The van der Waals surface area contributed by atoms with Crippen molar-refractivity contribution in [3.63, 3.8) is 0 Å². The summed E-state index contributed by atoms with van der Waals surface area (Å²) in [7, 11) is 0. The van der Waals surface area contributed by atoms with Gasteiger partial charge in [-0.25, -0.2) is 9.18 Å². The Morgan fingerprint density at radius 2 is 1.79 bits per heavy atom. The highest BCUT2D eigenvalue weighted by Crippen LogP contribution is 2.39. The molecule has 0 fully saturated rings. The predicted molar refractivity (Wildman–Crippen MR) is 128 cm³/mol. The fourth-order valence-electron chi connectivity index (χ4n) is 4.69. The maximum Gasteiger partial charge on any atom is 0.335 e. The minimum absolute atomic E-state index is 0.278. The van der Waals surface area contributed by atoms with Crippen LogP contribution in [-0.4, -0.2) is 9.13 Å². The second kappa shape index (κ2) is 9.41. The van der Waals surface area contributed by atoms with E-state index in [2.05, 4.69) is 6.07 Å². The molecule has 1 aliphatic rings. The molecule has 5 nitrogen and oxygen atoms in total. The van der Waals surface area contributed by atoms with Crippen LogP contribution in [0.25, 0.3) is 16.8 Å². The quantitative estimate of drug-likeness (QED) is 0.529. The fourth-order valence-corrected chi connectivity index (χ4v) is 4.69. The highest BCUT2D eigenvalue weighted by atomic mass is 19.1. The number of allylic oxidation sites excluding steroid dienone is 2. The molecule has 0 amide bonds. The first kappa shape index (κ1) is 22.5. The lowest BCUT2D eigenvalue weighted by Gasteiger charge is -2.19. The zero-order valence-electron chi connectivity index (χ0n) is 18.9. The number of nitrogens with zero attached hydrogens (tertiary/aromatic N) is 3. The number of rotatable bonds is 6. The molecule has 4 rings (SSSR count). The third-order valence-electron chi connectivity index (χ3n) is 6.23. The summed E-state index contributed by atoms with van der Waals surface area (Å²) >= 11 is 0. The lowest BCUT2D eigenvalue weighted by atomic mass is 9.96. The van der Waals surface area contributed by atoms with Gasteiger partial charge in [0.05, 0.1) is 22.9 Å². The summed E-state index contributed by atoms with van der Waals surface area (Å²) in [6.07, 6.45) is 3.11. The number of alkyl halides is 1. The van der Waals surface area contributed by atoms with E-state index in [1.54, 1.807) is 43.3 Å². The summed E-state index contributed by atoms with van der Waals surface area (Å²) < 4.78 is 16.2. The van der Waals surface area contributed by atoms with Gasteiger partial charge in [0.25, 0.3) is 5.56 Å². The van der Waals surface area contributed by atoms with E-state index >= 15 is 0 Å². The first-order valence-corrected chi connectivity index (χ1v) is 11.2. The minimum Gasteiger partial charge on any atom is -0.268 e. The van der Waals surface area contributed by atoms with Crippen LogP contribution in [0.5, 0.6) is 0 Å². The Bertz CT molecular complexity index is 1390. The van der Waals surface area contributed by atoms with Crippen molar-refractivity contribution < 1.29 is 4.39 Å². The third-order valence-corrected chi connectivity index (χ3v) is 6.23. The van der Waals surface area contributed by atoms with Crippen LogP contribution in [0.4, 0.5) is 4.39 Å². The van der Waals surface area contributed by atoms with Crippen LogP contribution in [0.3, 0.4) is 0 Å². The molecule has 0 atom stereocenters. The van der Waals surface area contributed by atoms with Crippen LogP contribution in [0, 0.1) is 18.3 Å². The first-order valence-electron chi connectivity index (χ1n) is 11.2. The molecule has 3 aromatic rings. The molecule has 0 aliphatic heterocycles. The Labute approximate surface area is 192 Å². The molecular weight excluding hydrogens is 417 g/mol. The lowest BCUT2D eigenvalue weighted by molar-refractivity contribution is 0.485. The molecule has 0 bridgehead atoms. The summed E-state index contributed by atoms with van der Waals surface area (Å²) in [5.74, 6) is 0. The van der Waals surface area contributed by atoms with E-state index in [-0.39, 0.29) is 5.56 Å². The smallest absolute Gasteiger partial charge is 0.268 e. The molecule has 168 valence electrons. The van der Waals surface area contributed by atoms with Crippen molar-refractivity contribution in [2.24, 2.45) is 0 Å². The van der Waals surface area contributed by atoms with Crippen LogP contribution in [-0.2, 0) is 13.2 Å². The second-order valence-corrected chi connectivity index (χ2v) is 8.34. The SMILES string of the molecule is CCCn1c(=O)c(C2=C(c3ccc(C#N)cc3)CCC2)c(C)n(-c2cccc(CF)c2)c1=O. The Morgan fingerprint density at radius 3 is 2.45 bits per heavy atom. The van der Waals surface area contributed by atoms with Gasteiger partial charge in [-0.05, 0) is 79.1 Å². The Kier molecular flexibility index (Phi) is 6.41. The van der Waals surface area contributed by atoms with Crippen molar-refractivity contribution in [2.75, 3.05) is 0 Å². The molecule has 0 N–H and O–H groups in total. The second-order valence-electron chi connectivity index (χ2n) is 8.34. The van der Waals surface area contributed by atoms with E-state index < -0.39 is 12.4 Å². The molecule has 0 unspecified atom stereocenters. The standard InChI is InChI=1S/C27H26FN3O2/c1-3-14-30-26(32)25(18(2)31(27(30)33)22-7-4-6-20(15-22)16-28)24-9-5-8-23(24)21-12-10-19(17-29)11-13-21/h4,6-7,10-13,15H,3,5,8-9,14,16H2,1-2H3. The summed E-state index contributed by atoms with van der Waals surface area (Å²) in [5, 5.41) is 9.12. The highest BCUT2D eigenvalue weighted by molar-refractivity contribution is 5.93. The topological polar surface area (TPSA) is 67.8 Å². The molecular formula is C27H26FN3O2. The van der Waals surface area contributed by atoms with E-state index in [1.807, 2.05) is 19.1 Å². The zero-order chi connectivity index (χ0) is 23.5. The summed E-state index contributed by atoms with van der Waals surface area (Å²) in [6.45, 7) is 3.40. The number of benzene rings is 2. The Morgan fingerprint density at radius 1 is 1.06 bits per heavy atom. The zero-order valence-corrected chi connectivity index (χ0v) is 18.9. The predicted octanol–water partition coefficient (Wildman–Crippen LogP) is 5.15. The van der Waals surface area contributed by atoms with Gasteiger partial charge in [-0.1, -0.05) is 31.2 Å². The van der Waals surface area contributed by atoms with Gasteiger partial charge in [-0.15, -0.1) is 0 Å². The van der Waals surface area contributed by atoms with Gasteiger partial charge < -0.3 is 0 Å². The molecule has 1 aromatic heterocycles. The molecule has 6 heteroatoms. The molecule has 1 aliphatic carbocycles. The van der Waals surface area contributed by atoms with Gasteiger partial charge in [-0.3, -0.25) is 13.9 Å². The van der Waals surface area contributed by atoms with E-state index in [1.165, 1.54) is 9.13 Å². The average Bonchev–Trinajstić information content (AvgIpc) is 3.31. The number of hydrogen-bond donors (Lipinski definition) is 0. The Hall–Kier alpha value is -3.72. The maximum absolute atomic E-state index is 13.6. The van der Waals surface area contributed by atoms with Crippen LogP contribution < -0.4 is 11.2 Å². The molecule has 1 heterocycles. The molecule has 0 saturated carbocycles. The number of nitriles is 1. The molecule has 2 aromatic carbocycles. The van der Waals surface area contributed by atoms with E-state index in [9.17, 15) is 14.0 Å². The lowest BCUT2D eigenvalue weighted by Crippen LogP contribution is -2.42. The van der Waals surface area contributed by atoms with Gasteiger partial charge in [0.1, 0.15) is 6.67 Å². The normalized spacial score (nSPS) is 13.4. The number of hydrogen-bond acceptors (Lipinski definition) is 3. The van der Waals surface area contributed by atoms with Crippen LogP contribution in [0.2, 0.25) is 0 Å². The van der Waals surface area contributed by atoms with E-state index in [0.717, 1.165) is 36.0 Å². The molecule has 33 heavy (non-hydrogen) atoms. The van der Waals surface area contributed by atoms with Gasteiger partial charge in [0.2, 0.25) is 0 Å². The fraction of sp³-hybridized carbons (Fsp3) is 0.296. The largest absolute Gasteiger partial charge is 0.335 e. The summed E-state index contributed by atoms with van der Waals surface area (Å²) in [4.78, 5) is 27.0. The molecule has 0 radical (unpaired) electrons. The summed E-state index contributed by atoms with van der Waals surface area (Å²) in [6, 6.07) is 16.4. The highest BCUT2D eigenvalue weighted by Gasteiger charge is 2.25. The van der Waals surface area contributed by atoms with Gasteiger partial charge in [0, 0.05) is 12.2 Å². The van der Waals surface area contributed by atoms with Crippen molar-refractivity contribution in [3.05, 3.63) is 97.3 Å². The van der Waals surface area contributed by atoms with Crippen LogP contribution in [0.1, 0.15) is 60.6 Å². The number of halogens is 1. The van der Waals surface area contributed by atoms with Crippen LogP contribution >= 0.6 is 0 Å². The number of aromatic nitrogens is 2. The first-order chi connectivity index (χ1) is 16.0. The minimum atomic E-state index is -0.628. The monoisotopic (exact) mass is 443 g/mol. The van der Waals surface area contributed by atoms with Gasteiger partial charge in [-0.2, -0.15) is 5.26 Å². The van der Waals surface area contributed by atoms with Crippen molar-refractivity contribution in [1.29, 1.82) is 5.26 Å². The molecule has 0 spiro atoms. The van der Waals surface area contributed by atoms with Crippen LogP contribution in [0.15, 0.2) is 58.1 Å². The van der Waals surface area contributed by atoms with Crippen molar-refractivity contribution in [3.8, 4) is 11.8 Å².